The van der Waals surface area contributed by atoms with Crippen molar-refractivity contribution in [2.75, 3.05) is 0 Å². The molecule has 2 aromatic carbocycles. The molecule has 4 atom stereocenters. The minimum atomic E-state index is -3.66. The zero-order valence-corrected chi connectivity index (χ0v) is 19.0. The summed E-state index contributed by atoms with van der Waals surface area (Å²) in [7, 11) is -3.66. The maximum atomic E-state index is 12.7. The quantitative estimate of drug-likeness (QED) is 0.670. The molecule has 2 N–H and O–H groups in total. The molecule has 2 fully saturated rings. The Morgan fingerprint density at radius 1 is 1.06 bits per heavy atom. The lowest BCUT2D eigenvalue weighted by molar-refractivity contribution is 0.0954. The summed E-state index contributed by atoms with van der Waals surface area (Å²) in [6.07, 6.45) is 6.15. The number of aryl methyl sites for hydroxylation is 2. The number of fused-ring (bicyclic) bond motifs is 5. The van der Waals surface area contributed by atoms with E-state index in [1.807, 2.05) is 19.1 Å². The van der Waals surface area contributed by atoms with Crippen LogP contribution < -0.4 is 4.83 Å². The summed E-state index contributed by atoms with van der Waals surface area (Å²) >= 11 is 0. The van der Waals surface area contributed by atoms with Crippen molar-refractivity contribution in [2.24, 2.45) is 22.4 Å². The van der Waals surface area contributed by atoms with E-state index >= 15 is 0 Å². The van der Waals surface area contributed by atoms with E-state index in [4.69, 9.17) is 0 Å². The second kappa shape index (κ2) is 7.37. The minimum Gasteiger partial charge on any atom is -0.508 e. The summed E-state index contributed by atoms with van der Waals surface area (Å²) in [5.74, 6) is 2.01. The number of hydrogen-bond donors (Lipinski definition) is 2. The van der Waals surface area contributed by atoms with Crippen LogP contribution in [0.2, 0.25) is 0 Å². The summed E-state index contributed by atoms with van der Waals surface area (Å²) in [5.41, 5.74) is 4.68. The van der Waals surface area contributed by atoms with Crippen LogP contribution in [-0.2, 0) is 16.4 Å². The Morgan fingerprint density at radius 2 is 1.84 bits per heavy atom. The van der Waals surface area contributed by atoms with Gasteiger partial charge in [0.2, 0.25) is 0 Å². The number of nitrogens with zero attached hydrogens (tertiary/aromatic N) is 1. The molecule has 0 aromatic heterocycles. The Kier molecular flexibility index (Phi) is 4.88. The number of benzene rings is 2. The molecule has 5 nitrogen and oxygen atoms in total. The van der Waals surface area contributed by atoms with Crippen LogP contribution in [0.25, 0.3) is 0 Å². The van der Waals surface area contributed by atoms with Crippen LogP contribution in [-0.4, -0.2) is 19.2 Å². The van der Waals surface area contributed by atoms with Gasteiger partial charge in [-0.05, 0) is 98.6 Å². The lowest BCUT2D eigenvalue weighted by Crippen LogP contribution is -2.43. The maximum Gasteiger partial charge on any atom is 0.276 e. The lowest BCUT2D eigenvalue weighted by atomic mass is 9.55. The zero-order valence-electron chi connectivity index (χ0n) is 18.1. The predicted octanol–water partition coefficient (Wildman–Crippen LogP) is 4.89. The fraction of sp³-hybridized carbons (Fsp3) is 0.480. The first-order chi connectivity index (χ1) is 14.8. The van der Waals surface area contributed by atoms with Gasteiger partial charge >= 0.3 is 0 Å². The van der Waals surface area contributed by atoms with Crippen molar-refractivity contribution in [1.29, 1.82) is 0 Å². The SMILES string of the molecule is Cc1ccc(S(=O)(=O)N/N=C2\CCC3C4CCc5cc(O)ccc5C4CCC23C)cc1. The van der Waals surface area contributed by atoms with E-state index in [1.165, 1.54) is 11.1 Å². The average Bonchev–Trinajstić information content (AvgIpc) is 3.08. The van der Waals surface area contributed by atoms with Gasteiger partial charge in [0.15, 0.2) is 0 Å². The molecule has 0 heterocycles. The topological polar surface area (TPSA) is 78.8 Å². The Labute approximate surface area is 184 Å². The standard InChI is InChI=1S/C25H30N2O3S/c1-16-3-7-19(8-4-16)31(29,30)27-26-24-12-11-23-22-9-5-17-15-18(28)6-10-20(17)21(22)13-14-25(23,24)2/h3-4,6-8,10,15,21-23,27-28H,5,9,11-14H2,1-2H3/b26-24+. The third kappa shape index (κ3) is 3.45. The third-order valence-corrected chi connectivity index (χ3v) is 9.31. The van der Waals surface area contributed by atoms with Gasteiger partial charge < -0.3 is 5.11 Å². The van der Waals surface area contributed by atoms with Crippen molar-refractivity contribution >= 4 is 15.7 Å². The minimum absolute atomic E-state index is 0.0502. The lowest BCUT2D eigenvalue weighted by Gasteiger charge is -2.49. The van der Waals surface area contributed by atoms with Gasteiger partial charge in [0, 0.05) is 11.1 Å². The van der Waals surface area contributed by atoms with Gasteiger partial charge in [0.1, 0.15) is 5.75 Å². The first kappa shape index (κ1) is 20.6. The summed E-state index contributed by atoms with van der Waals surface area (Å²) in [6, 6.07) is 12.7. The first-order valence-corrected chi connectivity index (χ1v) is 12.7. The average molecular weight is 439 g/mol. The fourth-order valence-corrected chi connectivity index (χ4v) is 7.26. The first-order valence-electron chi connectivity index (χ1n) is 11.3. The molecule has 0 aliphatic heterocycles. The van der Waals surface area contributed by atoms with E-state index in [9.17, 15) is 13.5 Å². The molecule has 5 rings (SSSR count). The summed E-state index contributed by atoms with van der Waals surface area (Å²) in [6.45, 7) is 4.22. The van der Waals surface area contributed by atoms with Crippen molar-refractivity contribution in [1.82, 2.24) is 4.83 Å². The van der Waals surface area contributed by atoms with Crippen LogP contribution in [0.5, 0.6) is 5.75 Å². The van der Waals surface area contributed by atoms with Gasteiger partial charge in [0.05, 0.1) is 4.90 Å². The molecule has 0 spiro atoms. The molecule has 6 heteroatoms. The van der Waals surface area contributed by atoms with Crippen molar-refractivity contribution < 1.29 is 13.5 Å². The molecule has 2 saturated carbocycles. The van der Waals surface area contributed by atoms with Gasteiger partial charge in [0.25, 0.3) is 10.0 Å². The second-order valence-corrected chi connectivity index (χ2v) is 11.4. The number of hydrazone groups is 1. The number of rotatable bonds is 3. The van der Waals surface area contributed by atoms with E-state index in [-0.39, 0.29) is 10.3 Å². The normalized spacial score (nSPS) is 31.0. The Morgan fingerprint density at radius 3 is 2.61 bits per heavy atom. The van der Waals surface area contributed by atoms with Crippen molar-refractivity contribution in [3.63, 3.8) is 0 Å². The molecule has 3 aliphatic rings. The molecule has 2 aromatic rings. The smallest absolute Gasteiger partial charge is 0.276 e. The second-order valence-electron chi connectivity index (χ2n) is 9.76. The highest BCUT2D eigenvalue weighted by Crippen LogP contribution is 2.59. The van der Waals surface area contributed by atoms with E-state index in [0.29, 0.717) is 23.5 Å². The van der Waals surface area contributed by atoms with Crippen LogP contribution in [0.4, 0.5) is 0 Å². The van der Waals surface area contributed by atoms with Crippen LogP contribution in [0.15, 0.2) is 52.5 Å². The molecular formula is C25H30N2O3S. The van der Waals surface area contributed by atoms with Crippen molar-refractivity contribution in [3.05, 3.63) is 59.2 Å². The number of sulfonamides is 1. The Balaban J connectivity index is 1.38. The van der Waals surface area contributed by atoms with Crippen LogP contribution in [0.1, 0.15) is 61.6 Å². The molecule has 3 aliphatic carbocycles. The van der Waals surface area contributed by atoms with E-state index in [1.54, 1.807) is 24.3 Å². The molecule has 0 saturated heterocycles. The Bertz CT molecular complexity index is 1140. The highest BCUT2D eigenvalue weighted by molar-refractivity contribution is 7.89. The van der Waals surface area contributed by atoms with Gasteiger partial charge in [-0.2, -0.15) is 13.5 Å². The van der Waals surface area contributed by atoms with Crippen molar-refractivity contribution in [3.8, 4) is 5.75 Å². The number of nitrogens with one attached hydrogen (secondary N) is 1. The van der Waals surface area contributed by atoms with E-state index in [2.05, 4.69) is 22.9 Å². The molecule has 4 unspecified atom stereocenters. The van der Waals surface area contributed by atoms with E-state index < -0.39 is 10.0 Å². The molecule has 0 radical (unpaired) electrons. The molecule has 164 valence electrons. The van der Waals surface area contributed by atoms with Gasteiger partial charge in [-0.1, -0.05) is 30.7 Å². The zero-order chi connectivity index (χ0) is 21.8. The predicted molar refractivity (Wildman–Crippen MR) is 122 cm³/mol. The highest BCUT2D eigenvalue weighted by atomic mass is 32.2. The fourth-order valence-electron chi connectivity index (χ4n) is 6.43. The van der Waals surface area contributed by atoms with Gasteiger partial charge in [-0.3, -0.25) is 0 Å². The third-order valence-electron chi connectivity index (χ3n) is 8.08. The van der Waals surface area contributed by atoms with Gasteiger partial charge in [-0.25, -0.2) is 4.83 Å². The molecular weight excluding hydrogens is 408 g/mol. The largest absolute Gasteiger partial charge is 0.508 e. The highest BCUT2D eigenvalue weighted by Gasteiger charge is 2.53. The number of phenolic OH excluding ortho intramolecular Hbond substituents is 1. The van der Waals surface area contributed by atoms with Crippen LogP contribution in [0.3, 0.4) is 0 Å². The molecule has 0 bridgehead atoms. The monoisotopic (exact) mass is 438 g/mol. The number of phenols is 1. The van der Waals surface area contributed by atoms with Crippen LogP contribution >= 0.6 is 0 Å². The summed E-state index contributed by atoms with van der Waals surface area (Å²) in [5, 5.41) is 14.3. The Hall–Kier alpha value is -2.34. The maximum absolute atomic E-state index is 12.7. The van der Waals surface area contributed by atoms with Gasteiger partial charge in [-0.15, -0.1) is 0 Å². The van der Waals surface area contributed by atoms with E-state index in [0.717, 1.165) is 49.8 Å². The number of aromatic hydroxyl groups is 1. The number of hydrogen-bond acceptors (Lipinski definition) is 4. The summed E-state index contributed by atoms with van der Waals surface area (Å²) in [4.78, 5) is 2.77. The summed E-state index contributed by atoms with van der Waals surface area (Å²) < 4.78 is 25.4. The molecule has 0 amide bonds. The van der Waals surface area contributed by atoms with Crippen LogP contribution in [0, 0.1) is 24.2 Å². The molecule has 31 heavy (non-hydrogen) atoms. The van der Waals surface area contributed by atoms with Crippen molar-refractivity contribution in [2.45, 2.75) is 63.2 Å².